The normalized spacial score (nSPS) is 14.7. The maximum absolute atomic E-state index is 13.1. The Morgan fingerprint density at radius 3 is 2.15 bits per heavy atom. The molecule has 0 unspecified atom stereocenters. The molecule has 1 aliphatic heterocycles. The monoisotopic (exact) mass is 539 g/mol. The zero-order valence-corrected chi connectivity index (χ0v) is 23.3. The van der Waals surface area contributed by atoms with Crippen LogP contribution in [0.1, 0.15) is 53.7 Å². The third-order valence-corrected chi connectivity index (χ3v) is 7.35. The van der Waals surface area contributed by atoms with Gasteiger partial charge in [0.05, 0.1) is 5.56 Å². The summed E-state index contributed by atoms with van der Waals surface area (Å²) in [6, 6.07) is 19.9. The van der Waals surface area contributed by atoms with Gasteiger partial charge >= 0.3 is 12.1 Å². The number of anilines is 1. The summed E-state index contributed by atoms with van der Waals surface area (Å²) in [7, 11) is 0. The molecule has 9 nitrogen and oxygen atoms in total. The SMILES string of the molecule is Cc1c(N=[N+]=[N-])cc(C(=O)OC(C)(C)C)cc1N1CCN(C(=O)OCC2c3ccccc3-c3ccccc32)CC1. The molecular formula is C31H33N5O4. The Labute approximate surface area is 233 Å². The van der Waals surface area contributed by atoms with Crippen molar-refractivity contribution in [1.82, 2.24) is 4.90 Å². The molecule has 0 atom stereocenters. The molecule has 0 radical (unpaired) electrons. The molecule has 1 aliphatic carbocycles. The number of hydrogen-bond donors (Lipinski definition) is 0. The molecule has 0 aromatic heterocycles. The molecule has 1 saturated heterocycles. The number of amides is 1. The lowest BCUT2D eigenvalue weighted by molar-refractivity contribution is 0.00695. The highest BCUT2D eigenvalue weighted by Crippen LogP contribution is 2.44. The van der Waals surface area contributed by atoms with Gasteiger partial charge in [0, 0.05) is 48.4 Å². The van der Waals surface area contributed by atoms with E-state index in [1.165, 1.54) is 22.3 Å². The summed E-state index contributed by atoms with van der Waals surface area (Å²) in [4.78, 5) is 32.6. The highest BCUT2D eigenvalue weighted by molar-refractivity contribution is 5.93. The Hall–Kier alpha value is -4.49. The summed E-state index contributed by atoms with van der Waals surface area (Å²) in [6.45, 7) is 9.55. The van der Waals surface area contributed by atoms with Gasteiger partial charge in [-0.1, -0.05) is 53.6 Å². The van der Waals surface area contributed by atoms with E-state index in [1.807, 2.05) is 31.2 Å². The maximum Gasteiger partial charge on any atom is 0.409 e. The van der Waals surface area contributed by atoms with Gasteiger partial charge in [0.25, 0.3) is 0 Å². The maximum atomic E-state index is 13.1. The number of esters is 1. The second-order valence-electron chi connectivity index (χ2n) is 11.1. The van der Waals surface area contributed by atoms with Crippen LogP contribution in [-0.2, 0) is 9.47 Å². The molecule has 0 N–H and O–H groups in total. The molecule has 0 bridgehead atoms. The summed E-state index contributed by atoms with van der Waals surface area (Å²) >= 11 is 0. The van der Waals surface area contributed by atoms with Crippen molar-refractivity contribution in [3.8, 4) is 11.1 Å². The number of rotatable bonds is 5. The van der Waals surface area contributed by atoms with E-state index in [1.54, 1.807) is 37.8 Å². The fourth-order valence-corrected chi connectivity index (χ4v) is 5.43. The molecular weight excluding hydrogens is 506 g/mol. The van der Waals surface area contributed by atoms with Crippen LogP contribution < -0.4 is 4.90 Å². The fourth-order valence-electron chi connectivity index (χ4n) is 5.43. The quantitative estimate of drug-likeness (QED) is 0.151. The lowest BCUT2D eigenvalue weighted by Gasteiger charge is -2.36. The second-order valence-corrected chi connectivity index (χ2v) is 11.1. The highest BCUT2D eigenvalue weighted by atomic mass is 16.6. The summed E-state index contributed by atoms with van der Waals surface area (Å²) < 4.78 is 11.4. The van der Waals surface area contributed by atoms with E-state index in [4.69, 9.17) is 15.0 Å². The summed E-state index contributed by atoms with van der Waals surface area (Å²) in [5.74, 6) is -0.476. The van der Waals surface area contributed by atoms with Gasteiger partial charge in [-0.25, -0.2) is 9.59 Å². The summed E-state index contributed by atoms with van der Waals surface area (Å²) in [5.41, 5.74) is 15.4. The average Bonchev–Trinajstić information content (AvgIpc) is 3.26. The minimum Gasteiger partial charge on any atom is -0.456 e. The van der Waals surface area contributed by atoms with E-state index in [0.29, 0.717) is 37.4 Å². The van der Waals surface area contributed by atoms with Crippen molar-refractivity contribution >= 4 is 23.4 Å². The van der Waals surface area contributed by atoms with Gasteiger partial charge in [-0.2, -0.15) is 0 Å². The van der Waals surface area contributed by atoms with Crippen molar-refractivity contribution in [3.05, 3.63) is 93.4 Å². The Morgan fingerprint density at radius 1 is 0.975 bits per heavy atom. The molecule has 206 valence electrons. The van der Waals surface area contributed by atoms with E-state index >= 15 is 0 Å². The third kappa shape index (κ3) is 5.46. The van der Waals surface area contributed by atoms with Crippen molar-refractivity contribution in [2.75, 3.05) is 37.7 Å². The predicted octanol–water partition coefficient (Wildman–Crippen LogP) is 6.96. The van der Waals surface area contributed by atoms with E-state index in [9.17, 15) is 9.59 Å². The van der Waals surface area contributed by atoms with Gasteiger partial charge in [0.15, 0.2) is 0 Å². The van der Waals surface area contributed by atoms with Gasteiger partial charge in [0.2, 0.25) is 0 Å². The summed E-state index contributed by atoms with van der Waals surface area (Å²) in [5, 5.41) is 3.80. The van der Waals surface area contributed by atoms with Crippen molar-refractivity contribution in [2.24, 2.45) is 5.11 Å². The number of hydrogen-bond acceptors (Lipinski definition) is 6. The standard InChI is InChI=1S/C31H33N5O4/c1-20-27(33-34-32)17-21(29(37)40-31(2,3)4)18-28(20)35-13-15-36(16-14-35)30(38)39-19-26-24-11-7-5-9-22(24)23-10-6-8-12-25(23)26/h5-12,17-18,26H,13-16,19H2,1-4H3. The number of fused-ring (bicyclic) bond motifs is 3. The van der Waals surface area contributed by atoms with Crippen LogP contribution in [0.2, 0.25) is 0 Å². The van der Waals surface area contributed by atoms with Gasteiger partial charge in [-0.05, 0) is 73.2 Å². The first-order chi connectivity index (χ1) is 19.2. The lowest BCUT2D eigenvalue weighted by Crippen LogP contribution is -2.49. The van der Waals surface area contributed by atoms with E-state index in [2.05, 4.69) is 39.2 Å². The number of benzene rings is 3. The van der Waals surface area contributed by atoms with Gasteiger partial charge < -0.3 is 19.3 Å². The third-order valence-electron chi connectivity index (χ3n) is 7.35. The minimum absolute atomic E-state index is 0.00925. The topological polar surface area (TPSA) is 108 Å². The first kappa shape index (κ1) is 27.1. The Balaban J connectivity index is 1.26. The molecule has 3 aromatic rings. The van der Waals surface area contributed by atoms with Crippen LogP contribution in [0.25, 0.3) is 21.6 Å². The first-order valence-corrected chi connectivity index (χ1v) is 13.4. The van der Waals surface area contributed by atoms with Gasteiger partial charge in [-0.15, -0.1) is 0 Å². The van der Waals surface area contributed by atoms with E-state index < -0.39 is 11.6 Å². The van der Waals surface area contributed by atoms with Crippen LogP contribution in [0.5, 0.6) is 0 Å². The van der Waals surface area contributed by atoms with Crippen LogP contribution >= 0.6 is 0 Å². The molecule has 0 spiro atoms. The van der Waals surface area contributed by atoms with Crippen molar-refractivity contribution in [2.45, 2.75) is 39.2 Å². The van der Waals surface area contributed by atoms with Crippen molar-refractivity contribution in [1.29, 1.82) is 0 Å². The number of carbonyl (C=O) groups excluding carboxylic acids is 2. The van der Waals surface area contributed by atoms with Gasteiger partial charge in [-0.3, -0.25) is 0 Å². The number of azide groups is 1. The summed E-state index contributed by atoms with van der Waals surface area (Å²) in [6.07, 6.45) is -0.337. The zero-order valence-electron chi connectivity index (χ0n) is 23.3. The van der Waals surface area contributed by atoms with Crippen LogP contribution in [0.3, 0.4) is 0 Å². The van der Waals surface area contributed by atoms with Crippen LogP contribution in [0, 0.1) is 6.92 Å². The molecule has 3 aromatic carbocycles. The van der Waals surface area contributed by atoms with Crippen molar-refractivity contribution in [3.63, 3.8) is 0 Å². The molecule has 0 saturated carbocycles. The Bertz CT molecular complexity index is 1450. The van der Waals surface area contributed by atoms with Crippen LogP contribution in [0.4, 0.5) is 16.2 Å². The van der Waals surface area contributed by atoms with Crippen LogP contribution in [-0.4, -0.2) is 55.3 Å². The molecule has 1 amide bonds. The molecule has 40 heavy (non-hydrogen) atoms. The molecule has 1 heterocycles. The fraction of sp³-hybridized carbons (Fsp3) is 0.355. The minimum atomic E-state index is -0.657. The predicted molar refractivity (Wildman–Crippen MR) is 154 cm³/mol. The molecule has 9 heteroatoms. The lowest BCUT2D eigenvalue weighted by atomic mass is 9.98. The van der Waals surface area contributed by atoms with Crippen molar-refractivity contribution < 1.29 is 19.1 Å². The molecule has 2 aliphatic rings. The highest BCUT2D eigenvalue weighted by Gasteiger charge is 2.31. The largest absolute Gasteiger partial charge is 0.456 e. The number of ether oxygens (including phenoxy) is 2. The smallest absolute Gasteiger partial charge is 0.409 e. The first-order valence-electron chi connectivity index (χ1n) is 13.4. The van der Waals surface area contributed by atoms with Gasteiger partial charge in [0.1, 0.15) is 12.2 Å². The average molecular weight is 540 g/mol. The number of nitrogens with zero attached hydrogens (tertiary/aromatic N) is 5. The second kappa shape index (κ2) is 10.9. The Morgan fingerprint density at radius 2 is 1.57 bits per heavy atom. The van der Waals surface area contributed by atoms with Crippen LogP contribution in [0.15, 0.2) is 65.8 Å². The zero-order chi connectivity index (χ0) is 28.4. The Kier molecular flexibility index (Phi) is 7.41. The van der Waals surface area contributed by atoms with E-state index in [0.717, 1.165) is 11.3 Å². The number of piperazine rings is 1. The number of carbonyl (C=O) groups is 2. The van der Waals surface area contributed by atoms with E-state index in [-0.39, 0.29) is 18.6 Å². The molecule has 5 rings (SSSR count). The molecule has 1 fully saturated rings.